The van der Waals surface area contributed by atoms with E-state index in [1.54, 1.807) is 42.5 Å². The van der Waals surface area contributed by atoms with Gasteiger partial charge in [-0.1, -0.05) is 30.3 Å². The highest BCUT2D eigenvalue weighted by Gasteiger charge is 2.22. The maximum atomic E-state index is 13.4. The zero-order valence-corrected chi connectivity index (χ0v) is 19.3. The van der Waals surface area contributed by atoms with Crippen molar-refractivity contribution in [1.82, 2.24) is 9.66 Å². The van der Waals surface area contributed by atoms with Crippen molar-refractivity contribution in [3.8, 4) is 29.2 Å². The highest BCUT2D eigenvalue weighted by Crippen LogP contribution is 2.38. The molecule has 0 aliphatic carbocycles. The number of benzene rings is 3. The fourth-order valence-corrected chi connectivity index (χ4v) is 3.83. The van der Waals surface area contributed by atoms with Gasteiger partial charge in [0.05, 0.1) is 29.2 Å². The molecule has 5 aromatic rings. The summed E-state index contributed by atoms with van der Waals surface area (Å²) in [5.74, 6) is 0.336. The largest absolute Gasteiger partial charge is 0.493 e. The fraction of sp³-hybridized carbons (Fsp3) is 0.0769. The van der Waals surface area contributed by atoms with Crippen molar-refractivity contribution in [2.45, 2.75) is 0 Å². The zero-order valence-electron chi connectivity index (χ0n) is 19.3. The Morgan fingerprint density at radius 3 is 2.73 bits per heavy atom. The van der Waals surface area contributed by atoms with Gasteiger partial charge in [-0.05, 0) is 30.3 Å². The van der Waals surface area contributed by atoms with Crippen molar-refractivity contribution in [3.63, 3.8) is 0 Å². The number of furan rings is 1. The van der Waals surface area contributed by atoms with Gasteiger partial charge in [-0.25, -0.2) is 4.98 Å². The average molecular weight is 495 g/mol. The molecule has 0 saturated carbocycles. The van der Waals surface area contributed by atoms with Crippen molar-refractivity contribution < 1.29 is 18.8 Å². The van der Waals surface area contributed by atoms with Crippen LogP contribution in [-0.2, 0) is 0 Å². The zero-order chi connectivity index (χ0) is 25.9. The van der Waals surface area contributed by atoms with Gasteiger partial charge in [0.25, 0.3) is 5.56 Å². The first-order valence-corrected chi connectivity index (χ1v) is 10.9. The van der Waals surface area contributed by atoms with Gasteiger partial charge in [0.1, 0.15) is 11.7 Å². The third-order valence-corrected chi connectivity index (χ3v) is 5.48. The Labute approximate surface area is 208 Å². The number of hydrogen-bond acceptors (Lipinski definition) is 9. The predicted octanol–water partition coefficient (Wildman–Crippen LogP) is 4.51. The number of nitriles is 1. The van der Waals surface area contributed by atoms with Crippen LogP contribution in [0.2, 0.25) is 0 Å². The lowest BCUT2D eigenvalue weighted by Crippen LogP contribution is -2.20. The van der Waals surface area contributed by atoms with Gasteiger partial charge < -0.3 is 13.9 Å². The monoisotopic (exact) mass is 495 g/mol. The Bertz CT molecular complexity index is 1760. The molecule has 11 heteroatoms. The topological polar surface area (TPSA) is 146 Å². The van der Waals surface area contributed by atoms with Crippen LogP contribution in [0, 0.1) is 21.4 Å². The van der Waals surface area contributed by atoms with Gasteiger partial charge in [-0.2, -0.15) is 15.0 Å². The first kappa shape index (κ1) is 23.3. The molecule has 5 rings (SSSR count). The average Bonchev–Trinajstić information content (AvgIpc) is 3.35. The SMILES string of the molecule is COc1cc(C=Nn2c(-c3cc4ccccc4o3)nc3ccccc3c2=O)cc([N+](=O)[O-])c1OCC#N. The van der Waals surface area contributed by atoms with Crippen LogP contribution in [-0.4, -0.2) is 34.5 Å². The van der Waals surface area contributed by atoms with Crippen LogP contribution in [0.15, 0.2) is 81.0 Å². The Balaban J connectivity index is 1.68. The molecule has 182 valence electrons. The maximum Gasteiger partial charge on any atom is 0.315 e. The Kier molecular flexibility index (Phi) is 6.05. The third kappa shape index (κ3) is 4.35. The molecule has 37 heavy (non-hydrogen) atoms. The van der Waals surface area contributed by atoms with Crippen LogP contribution in [0.3, 0.4) is 0 Å². The number of hydrogen-bond donors (Lipinski definition) is 0. The summed E-state index contributed by atoms with van der Waals surface area (Å²) in [7, 11) is 1.32. The molecule has 2 heterocycles. The molecular formula is C26H17N5O6. The molecule has 0 N–H and O–H groups in total. The van der Waals surface area contributed by atoms with Gasteiger partial charge in [-0.3, -0.25) is 14.9 Å². The number of nitrogens with zero attached hydrogens (tertiary/aromatic N) is 5. The van der Waals surface area contributed by atoms with E-state index >= 15 is 0 Å². The van der Waals surface area contributed by atoms with E-state index < -0.39 is 22.8 Å². The van der Waals surface area contributed by atoms with Crippen LogP contribution in [0.25, 0.3) is 33.5 Å². The number of aromatic nitrogens is 2. The fourth-order valence-electron chi connectivity index (χ4n) is 3.83. The van der Waals surface area contributed by atoms with E-state index in [4.69, 9.17) is 19.2 Å². The number of fused-ring (bicyclic) bond motifs is 2. The van der Waals surface area contributed by atoms with E-state index in [1.165, 1.54) is 25.5 Å². The van der Waals surface area contributed by atoms with E-state index in [2.05, 4.69) is 10.1 Å². The van der Waals surface area contributed by atoms with E-state index in [0.717, 1.165) is 10.1 Å². The minimum atomic E-state index is -0.657. The smallest absolute Gasteiger partial charge is 0.315 e. The minimum absolute atomic E-state index is 0.0346. The molecule has 0 spiro atoms. The molecule has 0 fully saturated rings. The summed E-state index contributed by atoms with van der Waals surface area (Å²) in [5.41, 5.74) is 0.461. The third-order valence-electron chi connectivity index (χ3n) is 5.48. The Morgan fingerprint density at radius 2 is 1.97 bits per heavy atom. The molecule has 3 aromatic carbocycles. The molecule has 0 radical (unpaired) electrons. The number of rotatable bonds is 7. The van der Waals surface area contributed by atoms with Gasteiger partial charge >= 0.3 is 5.69 Å². The molecule has 0 unspecified atom stereocenters. The standard InChI is InChI=1S/C26H17N5O6/c1-35-22-13-16(12-20(31(33)34)24(22)36-11-10-27)15-28-30-25(23-14-17-6-2-5-9-21(17)37-23)29-19-8-4-3-7-18(19)26(30)32/h2-9,12-15H,11H2,1H3. The summed E-state index contributed by atoms with van der Waals surface area (Å²) in [6.07, 6.45) is 1.27. The summed E-state index contributed by atoms with van der Waals surface area (Å²) in [5, 5.41) is 26.0. The molecule has 0 saturated heterocycles. The minimum Gasteiger partial charge on any atom is -0.493 e. The quantitative estimate of drug-likeness (QED) is 0.182. The Morgan fingerprint density at radius 1 is 1.19 bits per heavy atom. The first-order valence-electron chi connectivity index (χ1n) is 10.9. The number of nitro groups is 1. The van der Waals surface area contributed by atoms with Gasteiger partial charge in [-0.15, -0.1) is 0 Å². The summed E-state index contributed by atoms with van der Waals surface area (Å²) < 4.78 is 17.5. The van der Waals surface area contributed by atoms with Gasteiger partial charge in [0, 0.05) is 17.0 Å². The lowest BCUT2D eigenvalue weighted by molar-refractivity contribution is -0.385. The van der Waals surface area contributed by atoms with Crippen molar-refractivity contribution in [3.05, 3.63) is 92.8 Å². The molecule has 0 bridgehead atoms. The highest BCUT2D eigenvalue weighted by atomic mass is 16.6. The molecule has 11 nitrogen and oxygen atoms in total. The van der Waals surface area contributed by atoms with Crippen LogP contribution in [0.1, 0.15) is 5.56 Å². The highest BCUT2D eigenvalue weighted by molar-refractivity contribution is 5.85. The van der Waals surface area contributed by atoms with Crippen molar-refractivity contribution in [2.75, 3.05) is 13.7 Å². The summed E-state index contributed by atoms with van der Waals surface area (Å²) in [4.78, 5) is 29.0. The van der Waals surface area contributed by atoms with Crippen LogP contribution < -0.4 is 15.0 Å². The summed E-state index contributed by atoms with van der Waals surface area (Å²) >= 11 is 0. The second-order valence-electron chi connectivity index (χ2n) is 7.74. The first-order chi connectivity index (χ1) is 18.0. The number of methoxy groups -OCH3 is 1. The predicted molar refractivity (Wildman–Crippen MR) is 135 cm³/mol. The molecule has 0 amide bonds. The van der Waals surface area contributed by atoms with E-state index in [1.807, 2.05) is 18.2 Å². The van der Waals surface area contributed by atoms with Crippen molar-refractivity contribution >= 4 is 33.8 Å². The molecular weight excluding hydrogens is 478 g/mol. The molecule has 0 aliphatic rings. The van der Waals surface area contributed by atoms with Crippen LogP contribution in [0.4, 0.5) is 5.69 Å². The van der Waals surface area contributed by atoms with E-state index in [9.17, 15) is 14.9 Å². The summed E-state index contributed by atoms with van der Waals surface area (Å²) in [6, 6.07) is 20.4. The lowest BCUT2D eigenvalue weighted by Gasteiger charge is -2.10. The van der Waals surface area contributed by atoms with Crippen LogP contribution >= 0.6 is 0 Å². The second kappa shape index (κ2) is 9.63. The van der Waals surface area contributed by atoms with Crippen molar-refractivity contribution in [2.24, 2.45) is 5.10 Å². The molecule has 0 atom stereocenters. The summed E-state index contributed by atoms with van der Waals surface area (Å²) in [6.45, 7) is -0.399. The molecule has 0 aliphatic heterocycles. The van der Waals surface area contributed by atoms with Crippen molar-refractivity contribution in [1.29, 1.82) is 5.26 Å². The normalized spacial score (nSPS) is 11.1. The lowest BCUT2D eigenvalue weighted by atomic mass is 10.2. The van der Waals surface area contributed by atoms with Crippen LogP contribution in [0.5, 0.6) is 11.5 Å². The number of nitro benzene ring substituents is 1. The van der Waals surface area contributed by atoms with E-state index in [-0.39, 0.29) is 22.9 Å². The molecule has 2 aromatic heterocycles. The van der Waals surface area contributed by atoms with E-state index in [0.29, 0.717) is 22.2 Å². The van der Waals surface area contributed by atoms with Gasteiger partial charge in [0.15, 0.2) is 18.1 Å². The number of ether oxygens (including phenoxy) is 2. The Hall–Kier alpha value is -5.50. The maximum absolute atomic E-state index is 13.4. The number of para-hydroxylation sites is 2. The van der Waals surface area contributed by atoms with Gasteiger partial charge in [0.2, 0.25) is 11.6 Å². The second-order valence-corrected chi connectivity index (χ2v) is 7.74.